The summed E-state index contributed by atoms with van der Waals surface area (Å²) < 4.78 is 0. The van der Waals surface area contributed by atoms with Crippen molar-refractivity contribution in [2.45, 2.75) is 26.3 Å². The number of fused-ring (bicyclic) bond motifs is 1. The summed E-state index contributed by atoms with van der Waals surface area (Å²) in [6.45, 7) is 6.58. The van der Waals surface area contributed by atoms with Gasteiger partial charge in [-0.05, 0) is 55.0 Å². The van der Waals surface area contributed by atoms with Gasteiger partial charge >= 0.3 is 0 Å². The normalized spacial score (nSPS) is 15.8. The average Bonchev–Trinajstić information content (AvgIpc) is 2.89. The van der Waals surface area contributed by atoms with Crippen LogP contribution in [0.3, 0.4) is 0 Å². The van der Waals surface area contributed by atoms with Gasteiger partial charge in [0.2, 0.25) is 5.91 Å². The number of benzene rings is 2. The van der Waals surface area contributed by atoms with Gasteiger partial charge in [-0.15, -0.1) is 11.8 Å². The Bertz CT molecular complexity index is 747. The molecule has 0 saturated heterocycles. The van der Waals surface area contributed by atoms with Crippen molar-refractivity contribution in [3.63, 3.8) is 0 Å². The molecule has 0 radical (unpaired) electrons. The maximum atomic E-state index is 12.5. The van der Waals surface area contributed by atoms with Gasteiger partial charge in [-0.2, -0.15) is 0 Å². The minimum Gasteiger partial charge on any atom is -0.355 e. The van der Waals surface area contributed by atoms with E-state index in [0.29, 0.717) is 6.54 Å². The lowest BCUT2D eigenvalue weighted by atomic mass is 10.1. The zero-order chi connectivity index (χ0) is 17.1. The highest BCUT2D eigenvalue weighted by Gasteiger charge is 2.29. The van der Waals surface area contributed by atoms with E-state index >= 15 is 0 Å². The Hall–Kier alpha value is -2.14. The van der Waals surface area contributed by atoms with Gasteiger partial charge in [-0.25, -0.2) is 0 Å². The van der Waals surface area contributed by atoms with Gasteiger partial charge < -0.3 is 15.5 Å². The number of nitrogens with one attached hydrogen (secondary N) is 2. The number of rotatable bonds is 5. The van der Waals surface area contributed by atoms with Gasteiger partial charge in [0.05, 0.1) is 11.4 Å². The van der Waals surface area contributed by atoms with Crippen molar-refractivity contribution in [3.05, 3.63) is 53.6 Å². The first kappa shape index (κ1) is 16.7. The van der Waals surface area contributed by atoms with Crippen molar-refractivity contribution >= 4 is 34.7 Å². The second-order valence-corrected chi connectivity index (χ2v) is 7.30. The second kappa shape index (κ2) is 7.18. The first-order chi connectivity index (χ1) is 11.6. The molecule has 2 aromatic rings. The van der Waals surface area contributed by atoms with E-state index in [1.54, 1.807) is 11.8 Å². The van der Waals surface area contributed by atoms with Crippen LogP contribution in [0.25, 0.3) is 0 Å². The summed E-state index contributed by atoms with van der Waals surface area (Å²) >= 11 is 1.79. The molecule has 2 aromatic carbocycles. The van der Waals surface area contributed by atoms with Gasteiger partial charge in [0.25, 0.3) is 0 Å². The third kappa shape index (κ3) is 3.51. The van der Waals surface area contributed by atoms with Gasteiger partial charge in [0.1, 0.15) is 12.0 Å². The smallest absolute Gasteiger partial charge is 0.244 e. The molecule has 1 atom stereocenters. The largest absolute Gasteiger partial charge is 0.355 e. The molecule has 0 saturated carbocycles. The lowest BCUT2D eigenvalue weighted by Crippen LogP contribution is -2.39. The number of nitrogens with zero attached hydrogens (tertiary/aromatic N) is 1. The number of carbonyl (C=O) groups is 1. The minimum absolute atomic E-state index is 0.00143. The molecule has 1 unspecified atom stereocenters. The van der Waals surface area contributed by atoms with Crippen LogP contribution in [0.1, 0.15) is 18.1 Å². The van der Waals surface area contributed by atoms with E-state index in [9.17, 15) is 4.79 Å². The molecule has 1 heterocycles. The molecule has 2 N–H and O–H groups in total. The fourth-order valence-corrected chi connectivity index (χ4v) is 3.71. The van der Waals surface area contributed by atoms with Crippen LogP contribution in [0.15, 0.2) is 42.5 Å². The third-order valence-electron chi connectivity index (χ3n) is 4.20. The Balaban J connectivity index is 1.73. The van der Waals surface area contributed by atoms with Gasteiger partial charge in [-0.3, -0.25) is 4.79 Å². The molecular formula is C19H23N3OS. The Morgan fingerprint density at radius 2 is 2.00 bits per heavy atom. The summed E-state index contributed by atoms with van der Waals surface area (Å²) in [5, 5.41) is 6.49. The standard InChI is InChI=1S/C19H23N3OS/c1-4-24-19-21-16-7-5-6-8-17(16)22(19)12-18(23)20-15-10-9-13(2)14(3)11-15/h5-11,19,21H,4,12H2,1-3H3,(H,20,23). The highest BCUT2D eigenvalue weighted by atomic mass is 32.2. The van der Waals surface area contributed by atoms with E-state index in [0.717, 1.165) is 22.8 Å². The fourth-order valence-electron chi connectivity index (χ4n) is 2.82. The lowest BCUT2D eigenvalue weighted by Gasteiger charge is -2.25. The predicted molar refractivity (Wildman–Crippen MR) is 104 cm³/mol. The Kier molecular flexibility index (Phi) is 5.00. The number of thioether (sulfide) groups is 1. The monoisotopic (exact) mass is 341 g/mol. The Morgan fingerprint density at radius 3 is 2.75 bits per heavy atom. The molecule has 5 heteroatoms. The number of carbonyl (C=O) groups excluding carboxylic acids is 1. The average molecular weight is 341 g/mol. The van der Waals surface area contributed by atoms with E-state index in [-0.39, 0.29) is 11.4 Å². The van der Waals surface area contributed by atoms with Crippen LogP contribution in [0.5, 0.6) is 0 Å². The maximum Gasteiger partial charge on any atom is 0.244 e. The molecule has 3 rings (SSSR count). The van der Waals surface area contributed by atoms with Crippen molar-refractivity contribution < 1.29 is 4.79 Å². The van der Waals surface area contributed by atoms with Gasteiger partial charge in [0.15, 0.2) is 0 Å². The number of hydrogen-bond acceptors (Lipinski definition) is 4. The van der Waals surface area contributed by atoms with Crippen molar-refractivity contribution in [2.24, 2.45) is 0 Å². The van der Waals surface area contributed by atoms with Crippen molar-refractivity contribution in [1.29, 1.82) is 0 Å². The van der Waals surface area contributed by atoms with Gasteiger partial charge in [0, 0.05) is 5.69 Å². The van der Waals surface area contributed by atoms with E-state index in [1.165, 1.54) is 11.1 Å². The van der Waals surface area contributed by atoms with Crippen LogP contribution in [-0.2, 0) is 4.79 Å². The van der Waals surface area contributed by atoms with Crippen molar-refractivity contribution in [2.75, 3.05) is 27.8 Å². The molecule has 0 bridgehead atoms. The van der Waals surface area contributed by atoms with Crippen molar-refractivity contribution in [1.82, 2.24) is 0 Å². The molecule has 1 aliphatic rings. The fraction of sp³-hybridized carbons (Fsp3) is 0.316. The summed E-state index contributed by atoms with van der Waals surface area (Å²) in [5.41, 5.74) is 5.52. The van der Waals surface area contributed by atoms with E-state index in [1.807, 2.05) is 30.3 Å². The van der Waals surface area contributed by atoms with Crippen LogP contribution in [0, 0.1) is 13.8 Å². The number of amides is 1. The molecule has 0 fully saturated rings. The molecule has 0 spiro atoms. The topological polar surface area (TPSA) is 44.4 Å². The quantitative estimate of drug-likeness (QED) is 0.855. The number of para-hydroxylation sites is 2. The van der Waals surface area contributed by atoms with E-state index in [2.05, 4.69) is 48.4 Å². The first-order valence-corrected chi connectivity index (χ1v) is 9.24. The van der Waals surface area contributed by atoms with E-state index < -0.39 is 0 Å². The van der Waals surface area contributed by atoms with Gasteiger partial charge in [-0.1, -0.05) is 25.1 Å². The highest BCUT2D eigenvalue weighted by Crippen LogP contribution is 2.37. The Labute approximate surface area is 147 Å². The summed E-state index contributed by atoms with van der Waals surface area (Å²) in [4.78, 5) is 14.7. The number of aryl methyl sites for hydroxylation is 2. The molecule has 0 aliphatic carbocycles. The predicted octanol–water partition coefficient (Wildman–Crippen LogP) is 4.21. The molecule has 0 aromatic heterocycles. The zero-order valence-corrected chi connectivity index (χ0v) is 15.1. The van der Waals surface area contributed by atoms with Crippen LogP contribution >= 0.6 is 11.8 Å². The molecular weight excluding hydrogens is 318 g/mol. The molecule has 24 heavy (non-hydrogen) atoms. The zero-order valence-electron chi connectivity index (χ0n) is 14.3. The van der Waals surface area contributed by atoms with Crippen LogP contribution < -0.4 is 15.5 Å². The second-order valence-electron chi connectivity index (χ2n) is 5.94. The lowest BCUT2D eigenvalue weighted by molar-refractivity contribution is -0.115. The van der Waals surface area contributed by atoms with Crippen molar-refractivity contribution in [3.8, 4) is 0 Å². The van der Waals surface area contributed by atoms with Crippen LogP contribution in [-0.4, -0.2) is 23.7 Å². The summed E-state index contributed by atoms with van der Waals surface area (Å²) in [6, 6.07) is 14.1. The highest BCUT2D eigenvalue weighted by molar-refractivity contribution is 8.00. The molecule has 1 amide bonds. The molecule has 126 valence electrons. The Morgan fingerprint density at radius 1 is 1.21 bits per heavy atom. The minimum atomic E-state index is -0.00143. The van der Waals surface area contributed by atoms with E-state index in [4.69, 9.17) is 0 Å². The third-order valence-corrected chi connectivity index (χ3v) is 5.23. The van der Waals surface area contributed by atoms with Crippen LogP contribution in [0.2, 0.25) is 0 Å². The summed E-state index contributed by atoms with van der Waals surface area (Å²) in [5.74, 6) is 0.986. The summed E-state index contributed by atoms with van der Waals surface area (Å²) in [7, 11) is 0. The first-order valence-electron chi connectivity index (χ1n) is 8.19. The van der Waals surface area contributed by atoms with Crippen LogP contribution in [0.4, 0.5) is 17.1 Å². The molecule has 1 aliphatic heterocycles. The SMILES string of the molecule is CCSC1Nc2ccccc2N1CC(=O)Nc1ccc(C)c(C)c1. The maximum absolute atomic E-state index is 12.5. The molecule has 4 nitrogen and oxygen atoms in total. The number of anilines is 3. The number of hydrogen-bond donors (Lipinski definition) is 2. The summed E-state index contributed by atoms with van der Waals surface area (Å²) in [6.07, 6.45) is 0.